The van der Waals surface area contributed by atoms with Gasteiger partial charge in [0, 0.05) is 26.0 Å². The van der Waals surface area contributed by atoms with Crippen LogP contribution in [0.25, 0.3) is 0 Å². The Labute approximate surface area is 294 Å². The molecule has 2 saturated carbocycles. The second-order valence-electron chi connectivity index (χ2n) is 16.8. The molecule has 0 aromatic heterocycles. The Morgan fingerprint density at radius 2 is 1.71 bits per heavy atom. The molecule has 0 spiro atoms. The van der Waals surface area contributed by atoms with Gasteiger partial charge in [0.05, 0.1) is 74.8 Å². The summed E-state index contributed by atoms with van der Waals surface area (Å²) in [6.07, 6.45) is 10.2. The molecular weight excluding hydrogens is 628 g/mol. The van der Waals surface area contributed by atoms with Crippen molar-refractivity contribution in [2.75, 3.05) is 33.5 Å². The summed E-state index contributed by atoms with van der Waals surface area (Å²) in [7, 11) is 1.67. The molecule has 5 aliphatic rings. The number of hydrogen-bond acceptors (Lipinski definition) is 10. The SMILES string of the molecule is COC1CC(C2CC(O)CC(CCC3CCC(O)C(OCNCC(C)O)C3)O2)CC(OCC2[NH2+]C(C)CCC2CC2CC[NH2+]C(N)C2)C1O. The first-order chi connectivity index (χ1) is 23.6. The van der Waals surface area contributed by atoms with E-state index in [4.69, 9.17) is 24.7 Å². The van der Waals surface area contributed by atoms with E-state index in [0.717, 1.165) is 45.1 Å². The lowest BCUT2D eigenvalue weighted by Gasteiger charge is -2.45. The second kappa shape index (κ2) is 19.6. The largest absolute Gasteiger partial charge is 0.393 e. The van der Waals surface area contributed by atoms with Gasteiger partial charge in [-0.15, -0.1) is 0 Å². The number of nitrogens with two attached hydrogens (primary N) is 3. The molecule has 0 radical (unpaired) electrons. The predicted octanol–water partition coefficient (Wildman–Crippen LogP) is -0.301. The smallest absolute Gasteiger partial charge is 0.137 e. The van der Waals surface area contributed by atoms with Crippen LogP contribution in [0.2, 0.25) is 0 Å². The summed E-state index contributed by atoms with van der Waals surface area (Å²) in [5, 5.41) is 50.2. The van der Waals surface area contributed by atoms with E-state index in [2.05, 4.69) is 22.9 Å². The molecule has 49 heavy (non-hydrogen) atoms. The number of hydrogen-bond donors (Lipinski definition) is 8. The van der Waals surface area contributed by atoms with Crippen LogP contribution in [0.3, 0.4) is 0 Å². The minimum absolute atomic E-state index is 0.0236. The van der Waals surface area contributed by atoms with Crippen molar-refractivity contribution >= 4 is 0 Å². The van der Waals surface area contributed by atoms with Crippen molar-refractivity contribution in [2.45, 2.75) is 177 Å². The zero-order chi connectivity index (χ0) is 34.9. The van der Waals surface area contributed by atoms with Gasteiger partial charge in [0.25, 0.3) is 0 Å². The fourth-order valence-corrected chi connectivity index (χ4v) is 9.80. The van der Waals surface area contributed by atoms with Gasteiger partial charge in [-0.25, -0.2) is 0 Å². The van der Waals surface area contributed by atoms with E-state index in [1.807, 2.05) is 0 Å². The van der Waals surface area contributed by atoms with Gasteiger partial charge in [0.1, 0.15) is 18.3 Å². The van der Waals surface area contributed by atoms with Crippen molar-refractivity contribution in [3.8, 4) is 0 Å². The minimum Gasteiger partial charge on any atom is -0.393 e. The molecular formula is C37H72N4O8+2. The van der Waals surface area contributed by atoms with E-state index in [9.17, 15) is 20.4 Å². The van der Waals surface area contributed by atoms with E-state index in [0.29, 0.717) is 75.4 Å². The highest BCUT2D eigenvalue weighted by molar-refractivity contribution is 4.94. The van der Waals surface area contributed by atoms with Crippen LogP contribution in [0, 0.1) is 23.7 Å². The van der Waals surface area contributed by atoms with Crippen molar-refractivity contribution in [2.24, 2.45) is 29.4 Å². The minimum atomic E-state index is -0.684. The zero-order valence-electron chi connectivity index (χ0n) is 30.6. The molecule has 3 heterocycles. The number of aliphatic hydroxyl groups is 4. The fraction of sp³-hybridized carbons (Fsp3) is 1.00. The topological polar surface area (TPSA) is 189 Å². The molecule has 16 atom stereocenters. The number of piperidine rings is 2. The summed E-state index contributed by atoms with van der Waals surface area (Å²) in [5.41, 5.74) is 6.29. The van der Waals surface area contributed by atoms with Crippen molar-refractivity contribution in [1.82, 2.24) is 5.32 Å². The van der Waals surface area contributed by atoms with Gasteiger partial charge < -0.3 is 50.0 Å². The van der Waals surface area contributed by atoms with E-state index in [1.165, 1.54) is 25.7 Å². The molecule has 2 aliphatic carbocycles. The third kappa shape index (κ3) is 12.0. The van der Waals surface area contributed by atoms with Crippen LogP contribution in [-0.2, 0) is 18.9 Å². The normalized spacial score (nSPS) is 44.4. The molecule has 0 aromatic rings. The van der Waals surface area contributed by atoms with Gasteiger partial charge in [-0.3, -0.25) is 11.1 Å². The Kier molecular flexibility index (Phi) is 15.9. The van der Waals surface area contributed by atoms with E-state index in [-0.39, 0.29) is 42.6 Å². The molecule has 0 aromatic carbocycles. The van der Waals surface area contributed by atoms with Gasteiger partial charge in [-0.05, 0) is 115 Å². The van der Waals surface area contributed by atoms with Gasteiger partial charge in [0.15, 0.2) is 0 Å². The second-order valence-corrected chi connectivity index (χ2v) is 16.8. The van der Waals surface area contributed by atoms with Crippen LogP contribution in [0.15, 0.2) is 0 Å². The molecule has 0 amide bonds. The number of methoxy groups -OCH3 is 1. The fourth-order valence-electron chi connectivity index (χ4n) is 9.80. The Morgan fingerprint density at radius 3 is 2.49 bits per heavy atom. The van der Waals surface area contributed by atoms with Crippen molar-refractivity contribution in [1.29, 1.82) is 0 Å². The molecule has 0 bridgehead atoms. The highest BCUT2D eigenvalue weighted by Crippen LogP contribution is 2.39. The van der Waals surface area contributed by atoms with Crippen molar-refractivity contribution in [3.05, 3.63) is 0 Å². The molecule has 3 aliphatic heterocycles. The van der Waals surface area contributed by atoms with Crippen LogP contribution in [0.5, 0.6) is 0 Å². The maximum atomic E-state index is 11.3. The zero-order valence-corrected chi connectivity index (χ0v) is 30.6. The summed E-state index contributed by atoms with van der Waals surface area (Å²) < 4.78 is 25.2. The quantitative estimate of drug-likeness (QED) is 0.0833. The summed E-state index contributed by atoms with van der Waals surface area (Å²) in [6, 6.07) is 0.953. The van der Waals surface area contributed by atoms with Crippen LogP contribution in [0.4, 0.5) is 0 Å². The Morgan fingerprint density at radius 1 is 0.898 bits per heavy atom. The highest BCUT2D eigenvalue weighted by Gasteiger charge is 2.45. The Balaban J connectivity index is 1.12. The first-order valence-electron chi connectivity index (χ1n) is 19.9. The van der Waals surface area contributed by atoms with Gasteiger partial charge in [-0.2, -0.15) is 0 Å². The van der Waals surface area contributed by atoms with Gasteiger partial charge in [0.2, 0.25) is 0 Å². The molecule has 5 rings (SSSR count). The number of aliphatic hydroxyl groups excluding tert-OH is 4. The van der Waals surface area contributed by atoms with Crippen LogP contribution >= 0.6 is 0 Å². The molecule has 286 valence electrons. The highest BCUT2D eigenvalue weighted by atomic mass is 16.5. The van der Waals surface area contributed by atoms with Crippen LogP contribution in [0.1, 0.15) is 104 Å². The first-order valence-corrected chi connectivity index (χ1v) is 19.9. The van der Waals surface area contributed by atoms with Crippen LogP contribution in [-0.4, -0.2) is 127 Å². The monoisotopic (exact) mass is 701 g/mol. The number of quaternary nitrogens is 2. The number of nitrogens with one attached hydrogen (secondary N) is 1. The lowest BCUT2D eigenvalue weighted by Crippen LogP contribution is -2.98. The average Bonchev–Trinajstić information content (AvgIpc) is 3.07. The van der Waals surface area contributed by atoms with Crippen molar-refractivity contribution in [3.63, 3.8) is 0 Å². The van der Waals surface area contributed by atoms with Gasteiger partial charge in [-0.1, -0.05) is 0 Å². The standard InChI is InChI=1S/C37H70N4O8/c1-22-4-7-26(12-25-10-11-40-36(38)14-25)30(41-22)20-47-35-16-27(15-34(46-3)37(35)45)32-18-28(43)17-29(49-32)8-5-24-6-9-31(44)33(13-24)48-21-39-19-23(2)42/h22-37,39-45H,4-21,38H2,1-3H3/p+2. The number of ether oxygens (including phenoxy) is 4. The Hall–Kier alpha value is -0.480. The van der Waals surface area contributed by atoms with Gasteiger partial charge >= 0.3 is 0 Å². The molecule has 12 heteroatoms. The summed E-state index contributed by atoms with van der Waals surface area (Å²) in [5.74, 6) is 1.85. The van der Waals surface area contributed by atoms with E-state index >= 15 is 0 Å². The lowest BCUT2D eigenvalue weighted by atomic mass is 9.76. The third-order valence-electron chi connectivity index (χ3n) is 12.6. The molecule has 16 unspecified atom stereocenters. The maximum Gasteiger partial charge on any atom is 0.137 e. The Bertz CT molecular complexity index is 952. The third-order valence-corrected chi connectivity index (χ3v) is 12.6. The molecule has 11 N–H and O–H groups in total. The first kappa shape index (κ1) is 39.7. The van der Waals surface area contributed by atoms with E-state index < -0.39 is 24.4 Å². The average molecular weight is 701 g/mol. The maximum absolute atomic E-state index is 11.3. The predicted molar refractivity (Wildman–Crippen MR) is 185 cm³/mol. The summed E-state index contributed by atoms with van der Waals surface area (Å²) >= 11 is 0. The number of rotatable bonds is 15. The summed E-state index contributed by atoms with van der Waals surface area (Å²) in [4.78, 5) is 0. The lowest BCUT2D eigenvalue weighted by molar-refractivity contribution is -0.736. The molecule has 3 saturated heterocycles. The van der Waals surface area contributed by atoms with E-state index in [1.54, 1.807) is 14.0 Å². The molecule has 12 nitrogen and oxygen atoms in total. The summed E-state index contributed by atoms with van der Waals surface area (Å²) in [6.45, 7) is 6.56. The molecule has 5 fully saturated rings. The van der Waals surface area contributed by atoms with Crippen LogP contribution < -0.4 is 21.7 Å². The van der Waals surface area contributed by atoms with Crippen molar-refractivity contribution < 1.29 is 50.0 Å².